The van der Waals surface area contributed by atoms with Gasteiger partial charge in [0.1, 0.15) is 23.0 Å². The zero-order chi connectivity index (χ0) is 31.6. The maximum Gasteiger partial charge on any atom is 0.140 e. The summed E-state index contributed by atoms with van der Waals surface area (Å²) in [6.45, 7) is 0. The van der Waals surface area contributed by atoms with Crippen molar-refractivity contribution in [2.75, 3.05) is 0 Å². The molecule has 2 aliphatic rings. The van der Waals surface area contributed by atoms with E-state index in [2.05, 4.69) is 152 Å². The molecule has 9 aromatic carbocycles. The van der Waals surface area contributed by atoms with Gasteiger partial charge in [-0.25, -0.2) is 0 Å². The van der Waals surface area contributed by atoms with Gasteiger partial charge >= 0.3 is 0 Å². The highest BCUT2D eigenvalue weighted by atomic mass is 32.4. The number of rotatable bonds is 1. The maximum absolute atomic E-state index is 7.09. The number of hydrogen-bond donors (Lipinski definition) is 0. The van der Waals surface area contributed by atoms with E-state index in [1.807, 2.05) is 0 Å². The first kappa shape index (κ1) is 26.6. The third-order valence-corrected chi connectivity index (χ3v) is 15.1. The Labute approximate surface area is 281 Å². The maximum atomic E-state index is 7.09. The first-order chi connectivity index (χ1) is 23.7. The first-order valence-corrected chi connectivity index (χ1v) is 19.0. The fraction of sp³-hybridized carbons (Fsp3) is 0. The standard InChI is InChI=1S/C44H25O2PS/c48-47-42-30-11-3-1-9-26(30)18-21-38(42)45-40-24-29(25-41(44(40)47)46-39-22-19-27-10-2-4-12-31(27)43(39)47)28-17-20-36-34-15-6-5-13-32(34)33-14-7-8-16-35(33)37(36)23-28/h1-25H. The van der Waals surface area contributed by atoms with E-state index in [1.165, 1.54) is 32.3 Å². The van der Waals surface area contributed by atoms with Crippen LogP contribution in [0.5, 0.6) is 23.0 Å². The van der Waals surface area contributed by atoms with Crippen molar-refractivity contribution >= 4 is 87.6 Å². The van der Waals surface area contributed by atoms with Crippen molar-refractivity contribution in [3.8, 4) is 34.1 Å². The van der Waals surface area contributed by atoms with E-state index < -0.39 is 6.04 Å². The van der Waals surface area contributed by atoms with Crippen LogP contribution >= 0.6 is 6.04 Å². The zero-order valence-electron chi connectivity index (χ0n) is 25.6. The molecular weight excluding hydrogens is 624 g/mol. The van der Waals surface area contributed by atoms with Gasteiger partial charge in [-0.05, 0) is 95.3 Å². The van der Waals surface area contributed by atoms with Crippen LogP contribution in [0.4, 0.5) is 0 Å². The predicted molar refractivity (Wildman–Crippen MR) is 206 cm³/mol. The molecule has 0 saturated carbocycles. The van der Waals surface area contributed by atoms with E-state index >= 15 is 0 Å². The van der Waals surface area contributed by atoms with E-state index in [1.54, 1.807) is 0 Å². The molecule has 0 amide bonds. The lowest BCUT2D eigenvalue weighted by Gasteiger charge is -2.39. The Hall–Kier alpha value is -5.47. The predicted octanol–water partition coefficient (Wildman–Crippen LogP) is 11.1. The Morgan fingerprint density at radius 2 is 0.771 bits per heavy atom. The Morgan fingerprint density at radius 1 is 0.333 bits per heavy atom. The van der Waals surface area contributed by atoms with Crippen LogP contribution in [0.1, 0.15) is 0 Å². The van der Waals surface area contributed by atoms with Gasteiger partial charge in [0, 0.05) is 10.6 Å². The van der Waals surface area contributed by atoms with Gasteiger partial charge in [-0.1, -0.05) is 133 Å². The summed E-state index contributed by atoms with van der Waals surface area (Å²) in [4.78, 5) is 0. The smallest absolute Gasteiger partial charge is 0.140 e. The SMILES string of the molecule is S=P12c3c(cc(-c4ccc5c6ccccc6c6ccccc6c5c4)cc3Oc3ccc4ccccc4c31)Oc1ccc3ccccc3c12. The van der Waals surface area contributed by atoms with Crippen molar-refractivity contribution in [1.82, 2.24) is 0 Å². The van der Waals surface area contributed by atoms with Crippen LogP contribution in [0, 0.1) is 0 Å². The Morgan fingerprint density at radius 3 is 1.29 bits per heavy atom. The van der Waals surface area contributed by atoms with E-state index in [-0.39, 0.29) is 0 Å². The van der Waals surface area contributed by atoms with Gasteiger partial charge in [-0.3, -0.25) is 0 Å². The number of ether oxygens (including phenoxy) is 2. The molecular formula is C44H25O2PS. The average molecular weight is 649 g/mol. The Kier molecular flexibility index (Phi) is 5.29. The van der Waals surface area contributed by atoms with Gasteiger partial charge in [0.25, 0.3) is 0 Å². The molecule has 11 rings (SSSR count). The summed E-state index contributed by atoms with van der Waals surface area (Å²) in [6.07, 6.45) is 0. The molecule has 0 radical (unpaired) electrons. The highest BCUT2D eigenvalue weighted by molar-refractivity contribution is 8.26. The normalized spacial score (nSPS) is 14.0. The third-order valence-electron chi connectivity index (χ3n) is 10.2. The summed E-state index contributed by atoms with van der Waals surface area (Å²) < 4.78 is 13.8. The van der Waals surface area contributed by atoms with Crippen LogP contribution in [0.25, 0.3) is 65.0 Å². The third kappa shape index (κ3) is 3.45. The lowest BCUT2D eigenvalue weighted by Crippen LogP contribution is -2.35. The van der Waals surface area contributed by atoms with Crippen molar-refractivity contribution in [2.24, 2.45) is 0 Å². The van der Waals surface area contributed by atoms with Crippen LogP contribution in [-0.2, 0) is 11.8 Å². The summed E-state index contributed by atoms with van der Waals surface area (Å²) >= 11 is 7.09. The van der Waals surface area contributed by atoms with E-state index in [9.17, 15) is 0 Å². The number of benzene rings is 9. The highest BCUT2D eigenvalue weighted by Gasteiger charge is 2.44. The second-order valence-corrected chi connectivity index (χ2v) is 17.0. The molecule has 0 aliphatic carbocycles. The molecule has 48 heavy (non-hydrogen) atoms. The minimum atomic E-state index is -2.63. The van der Waals surface area contributed by atoms with Crippen LogP contribution in [0.2, 0.25) is 0 Å². The molecule has 2 aliphatic heterocycles. The second-order valence-electron chi connectivity index (χ2n) is 12.8. The molecule has 9 aromatic rings. The van der Waals surface area contributed by atoms with Gasteiger partial charge < -0.3 is 9.47 Å². The summed E-state index contributed by atoms with van der Waals surface area (Å²) in [5.74, 6) is 3.25. The minimum Gasteiger partial charge on any atom is -0.456 e. The lowest BCUT2D eigenvalue weighted by molar-refractivity contribution is 0.467. The molecule has 0 spiro atoms. The fourth-order valence-corrected chi connectivity index (χ4v) is 13.3. The molecule has 2 nitrogen and oxygen atoms in total. The molecule has 0 bridgehead atoms. The number of fused-ring (bicyclic) bond motifs is 14. The quantitative estimate of drug-likeness (QED) is 0.130. The van der Waals surface area contributed by atoms with E-state index in [4.69, 9.17) is 21.3 Å². The van der Waals surface area contributed by atoms with Gasteiger partial charge in [-0.2, -0.15) is 0 Å². The largest absolute Gasteiger partial charge is 0.456 e. The van der Waals surface area contributed by atoms with Crippen LogP contribution in [0.3, 0.4) is 0 Å². The van der Waals surface area contributed by atoms with Crippen molar-refractivity contribution in [1.29, 1.82) is 0 Å². The molecule has 0 unspecified atom stereocenters. The molecule has 0 fully saturated rings. The molecule has 224 valence electrons. The second kappa shape index (κ2) is 9.55. The molecule has 0 atom stereocenters. The van der Waals surface area contributed by atoms with Crippen molar-refractivity contribution in [2.45, 2.75) is 0 Å². The summed E-state index contributed by atoms with van der Waals surface area (Å²) in [5, 5.41) is 15.4. The zero-order valence-corrected chi connectivity index (χ0v) is 27.3. The molecule has 0 saturated heterocycles. The van der Waals surface area contributed by atoms with Gasteiger partial charge in [-0.15, -0.1) is 0 Å². The van der Waals surface area contributed by atoms with Crippen molar-refractivity contribution < 1.29 is 9.47 Å². The Bertz CT molecular complexity index is 2790. The van der Waals surface area contributed by atoms with Crippen LogP contribution in [-0.4, -0.2) is 0 Å². The molecule has 0 aromatic heterocycles. The van der Waals surface area contributed by atoms with Crippen molar-refractivity contribution in [3.63, 3.8) is 0 Å². The summed E-state index contributed by atoms with van der Waals surface area (Å²) in [5.41, 5.74) is 2.15. The summed E-state index contributed by atoms with van der Waals surface area (Å²) in [7, 11) is 0. The topological polar surface area (TPSA) is 18.5 Å². The van der Waals surface area contributed by atoms with Gasteiger partial charge in [0.15, 0.2) is 0 Å². The Balaban J connectivity index is 1.21. The van der Waals surface area contributed by atoms with Crippen LogP contribution in [0.15, 0.2) is 152 Å². The summed E-state index contributed by atoms with van der Waals surface area (Å²) in [6, 6.07) is 51.5. The highest BCUT2D eigenvalue weighted by Crippen LogP contribution is 2.61. The van der Waals surface area contributed by atoms with E-state index in [0.29, 0.717) is 0 Å². The first-order valence-electron chi connectivity index (χ1n) is 16.2. The van der Waals surface area contributed by atoms with Crippen LogP contribution < -0.4 is 25.4 Å². The molecule has 4 heteroatoms. The van der Waals surface area contributed by atoms with Gasteiger partial charge in [0.2, 0.25) is 0 Å². The van der Waals surface area contributed by atoms with Gasteiger partial charge in [0.05, 0.1) is 11.3 Å². The minimum absolute atomic E-state index is 0.788. The van der Waals surface area contributed by atoms with E-state index in [0.717, 1.165) is 71.6 Å². The fourth-order valence-electron chi connectivity index (χ4n) is 8.16. The molecule has 2 heterocycles. The average Bonchev–Trinajstić information content (AvgIpc) is 3.14. The van der Waals surface area contributed by atoms with Crippen molar-refractivity contribution in [3.05, 3.63) is 152 Å². The molecule has 0 N–H and O–H groups in total. The lowest BCUT2D eigenvalue weighted by atomic mass is 9.92. The monoisotopic (exact) mass is 648 g/mol. The number of hydrogen-bond acceptors (Lipinski definition) is 3.